The predicted molar refractivity (Wildman–Crippen MR) is 88.4 cm³/mol. The van der Waals surface area contributed by atoms with Crippen molar-refractivity contribution < 1.29 is 12.9 Å². The number of rotatable bonds is 6. The minimum Gasteiger partial charge on any atom is -0.338 e. The van der Waals surface area contributed by atoms with Crippen LogP contribution in [0.5, 0.6) is 0 Å². The molecule has 0 aliphatic carbocycles. The van der Waals surface area contributed by atoms with Crippen molar-refractivity contribution in [3.63, 3.8) is 0 Å². The van der Waals surface area contributed by atoms with Gasteiger partial charge in [0.1, 0.15) is 0 Å². The third-order valence-corrected chi connectivity index (χ3v) is 6.80. The largest absolute Gasteiger partial charge is 0.338 e. The highest BCUT2D eigenvalue weighted by Crippen LogP contribution is 2.26. The van der Waals surface area contributed by atoms with E-state index in [9.17, 15) is 8.42 Å². The second-order valence-electron chi connectivity index (χ2n) is 6.58. The van der Waals surface area contributed by atoms with Crippen LogP contribution < -0.4 is 5.32 Å². The smallest absolute Gasteiger partial charge is 0.243 e. The minimum atomic E-state index is -3.18. The molecule has 1 aromatic heterocycles. The van der Waals surface area contributed by atoms with Gasteiger partial charge in [0.2, 0.25) is 15.9 Å². The highest BCUT2D eigenvalue weighted by atomic mass is 32.2. The van der Waals surface area contributed by atoms with Crippen molar-refractivity contribution in [2.45, 2.75) is 64.8 Å². The molecule has 8 heteroatoms. The second-order valence-corrected chi connectivity index (χ2v) is 9.07. The molecule has 0 amide bonds. The summed E-state index contributed by atoms with van der Waals surface area (Å²) in [6, 6.07) is 0.212. The molecule has 1 saturated heterocycles. The molecule has 0 saturated carbocycles. The van der Waals surface area contributed by atoms with E-state index < -0.39 is 10.0 Å². The van der Waals surface area contributed by atoms with Crippen LogP contribution in [-0.4, -0.2) is 47.2 Å². The predicted octanol–water partition coefficient (Wildman–Crippen LogP) is 1.87. The van der Waals surface area contributed by atoms with Gasteiger partial charge in [0.05, 0.1) is 11.3 Å². The fourth-order valence-corrected chi connectivity index (χ4v) is 4.40. The number of piperidine rings is 1. The van der Waals surface area contributed by atoms with E-state index in [4.69, 9.17) is 4.52 Å². The van der Waals surface area contributed by atoms with Crippen LogP contribution in [0.1, 0.15) is 58.3 Å². The number of aromatic nitrogens is 2. The normalized spacial score (nSPS) is 25.0. The Hall–Kier alpha value is -0.990. The first-order chi connectivity index (χ1) is 10.8. The number of hydrogen-bond donors (Lipinski definition) is 1. The van der Waals surface area contributed by atoms with Gasteiger partial charge in [0.15, 0.2) is 5.82 Å². The van der Waals surface area contributed by atoms with Gasteiger partial charge in [-0.3, -0.25) is 0 Å². The molecule has 0 aromatic carbocycles. The molecule has 1 fully saturated rings. The second kappa shape index (κ2) is 7.27. The molecule has 1 aliphatic rings. The first-order valence-corrected chi connectivity index (χ1v) is 9.81. The molecule has 2 rings (SSSR count). The Balaban J connectivity index is 2.02. The minimum absolute atomic E-state index is 0.0384. The lowest BCUT2D eigenvalue weighted by atomic mass is 9.90. The van der Waals surface area contributed by atoms with Crippen molar-refractivity contribution in [1.29, 1.82) is 0 Å². The molecular weight excluding hydrogens is 316 g/mol. The van der Waals surface area contributed by atoms with Crippen LogP contribution in [0.4, 0.5) is 0 Å². The fraction of sp³-hybridized carbons (Fsp3) is 0.867. The molecule has 1 aliphatic heterocycles. The van der Waals surface area contributed by atoms with Crippen LogP contribution in [0.25, 0.3) is 0 Å². The van der Waals surface area contributed by atoms with Crippen molar-refractivity contribution >= 4 is 10.0 Å². The van der Waals surface area contributed by atoms with E-state index in [0.717, 1.165) is 12.8 Å². The maximum Gasteiger partial charge on any atom is 0.243 e. The molecule has 0 unspecified atom stereocenters. The average Bonchev–Trinajstić information content (AvgIpc) is 2.94. The first-order valence-electron chi connectivity index (χ1n) is 8.30. The Bertz CT molecular complexity index is 614. The molecule has 0 bridgehead atoms. The first kappa shape index (κ1) is 18.4. The zero-order valence-corrected chi connectivity index (χ0v) is 15.4. The number of nitrogens with zero attached hydrogens (tertiary/aromatic N) is 3. The van der Waals surface area contributed by atoms with E-state index >= 15 is 0 Å². The Morgan fingerprint density at radius 1 is 1.39 bits per heavy atom. The molecule has 1 N–H and O–H groups in total. The highest BCUT2D eigenvalue weighted by molar-refractivity contribution is 7.89. The van der Waals surface area contributed by atoms with Crippen molar-refractivity contribution in [2.75, 3.05) is 13.1 Å². The van der Waals surface area contributed by atoms with Gasteiger partial charge in [0, 0.05) is 19.1 Å². The van der Waals surface area contributed by atoms with Crippen LogP contribution in [0, 0.1) is 12.8 Å². The van der Waals surface area contributed by atoms with Crippen LogP contribution in [0.3, 0.4) is 0 Å². The summed E-state index contributed by atoms with van der Waals surface area (Å²) in [5.41, 5.74) is 0. The molecule has 0 radical (unpaired) electrons. The molecule has 1 aromatic rings. The molecule has 132 valence electrons. The van der Waals surface area contributed by atoms with Gasteiger partial charge < -0.3 is 9.84 Å². The lowest BCUT2D eigenvalue weighted by Crippen LogP contribution is -2.52. The van der Waals surface area contributed by atoms with Gasteiger partial charge in [-0.25, -0.2) is 12.7 Å². The summed E-state index contributed by atoms with van der Waals surface area (Å²) in [6.07, 6.45) is 1.72. The van der Waals surface area contributed by atoms with Gasteiger partial charge in [-0.2, -0.15) is 4.98 Å². The van der Waals surface area contributed by atoms with E-state index in [0.29, 0.717) is 24.8 Å². The van der Waals surface area contributed by atoms with E-state index in [1.54, 1.807) is 25.1 Å². The summed E-state index contributed by atoms with van der Waals surface area (Å²) in [4.78, 5) is 4.26. The fourth-order valence-electron chi connectivity index (χ4n) is 3.04. The summed E-state index contributed by atoms with van der Waals surface area (Å²) in [5.74, 6) is 1.48. The zero-order valence-electron chi connectivity index (χ0n) is 14.6. The Morgan fingerprint density at radius 2 is 2.09 bits per heavy atom. The van der Waals surface area contributed by atoms with Gasteiger partial charge in [-0.1, -0.05) is 18.5 Å². The van der Waals surface area contributed by atoms with Gasteiger partial charge >= 0.3 is 0 Å². The number of hydrogen-bond acceptors (Lipinski definition) is 6. The monoisotopic (exact) mass is 344 g/mol. The SMILES string of the molecule is CC[C@@H]1CN(S(=O)(=O)C(C)C)CC[C@@H]1N[C@@H](C)c1nc(C)no1. The Labute approximate surface area is 138 Å². The van der Waals surface area contributed by atoms with E-state index in [2.05, 4.69) is 22.4 Å². The number of sulfonamides is 1. The van der Waals surface area contributed by atoms with Crippen molar-refractivity contribution in [2.24, 2.45) is 5.92 Å². The van der Waals surface area contributed by atoms with Gasteiger partial charge in [0.25, 0.3) is 0 Å². The van der Waals surface area contributed by atoms with Crippen molar-refractivity contribution in [1.82, 2.24) is 19.8 Å². The van der Waals surface area contributed by atoms with E-state index in [-0.39, 0.29) is 23.3 Å². The maximum atomic E-state index is 12.4. The molecule has 0 spiro atoms. The Kier molecular flexibility index (Phi) is 5.80. The zero-order chi connectivity index (χ0) is 17.2. The molecule has 7 nitrogen and oxygen atoms in total. The Morgan fingerprint density at radius 3 is 2.61 bits per heavy atom. The van der Waals surface area contributed by atoms with Gasteiger partial charge in [-0.05, 0) is 40.0 Å². The van der Waals surface area contributed by atoms with Crippen molar-refractivity contribution in [3.05, 3.63) is 11.7 Å². The van der Waals surface area contributed by atoms with Crippen molar-refractivity contribution in [3.8, 4) is 0 Å². The summed E-state index contributed by atoms with van der Waals surface area (Å²) < 4.78 is 31.6. The molecule has 3 atom stereocenters. The number of aryl methyl sites for hydroxylation is 1. The summed E-state index contributed by atoms with van der Waals surface area (Å²) >= 11 is 0. The van der Waals surface area contributed by atoms with Gasteiger partial charge in [-0.15, -0.1) is 0 Å². The van der Waals surface area contributed by atoms with Crippen LogP contribution in [0.2, 0.25) is 0 Å². The topological polar surface area (TPSA) is 88.3 Å². The molecule has 2 heterocycles. The highest BCUT2D eigenvalue weighted by Gasteiger charge is 2.36. The quantitative estimate of drug-likeness (QED) is 0.847. The van der Waals surface area contributed by atoms with Crippen LogP contribution in [0.15, 0.2) is 4.52 Å². The molecule has 23 heavy (non-hydrogen) atoms. The third-order valence-electron chi connectivity index (χ3n) is 4.55. The van der Waals surface area contributed by atoms with Crippen LogP contribution >= 0.6 is 0 Å². The van der Waals surface area contributed by atoms with Crippen LogP contribution in [-0.2, 0) is 10.0 Å². The standard InChI is InChI=1S/C15H28N4O3S/c1-6-13-9-19(23(20,21)10(2)3)8-7-14(13)16-11(4)15-17-12(5)18-22-15/h10-11,13-14,16H,6-9H2,1-5H3/t11-,13+,14-/m0/s1. The summed E-state index contributed by atoms with van der Waals surface area (Å²) in [7, 11) is -3.18. The third kappa shape index (κ3) is 4.10. The lowest BCUT2D eigenvalue weighted by Gasteiger charge is -2.39. The molecular formula is C15H28N4O3S. The van der Waals surface area contributed by atoms with E-state index in [1.165, 1.54) is 0 Å². The van der Waals surface area contributed by atoms with E-state index in [1.807, 2.05) is 6.92 Å². The summed E-state index contributed by atoms with van der Waals surface area (Å²) in [5, 5.41) is 6.98. The lowest BCUT2D eigenvalue weighted by molar-refractivity contribution is 0.183. The maximum absolute atomic E-state index is 12.4. The number of nitrogens with one attached hydrogen (secondary N) is 1. The average molecular weight is 344 g/mol. The summed E-state index contributed by atoms with van der Waals surface area (Å²) in [6.45, 7) is 10.5.